The largest absolute Gasteiger partial charge is 0.479 e. The quantitative estimate of drug-likeness (QED) is 0.438. The Morgan fingerprint density at radius 3 is 2.34 bits per heavy atom. The van der Waals surface area contributed by atoms with Crippen LogP contribution in [0, 0.1) is 52.3 Å². The Kier molecular flexibility index (Phi) is 6.50. The van der Waals surface area contributed by atoms with Crippen LogP contribution in [0.1, 0.15) is 79.1 Å². The minimum absolute atomic E-state index is 0.0156. The molecule has 0 aromatic rings. The number of carboxylic acids is 1. The molecule has 184 valence electrons. The molecule has 5 N–H and O–H groups in total. The Bertz CT molecular complexity index is 712. The van der Waals surface area contributed by atoms with E-state index in [1.165, 1.54) is 0 Å². The van der Waals surface area contributed by atoms with Gasteiger partial charge in [-0.1, -0.05) is 34.1 Å². The van der Waals surface area contributed by atoms with Crippen molar-refractivity contribution in [1.29, 1.82) is 0 Å². The van der Waals surface area contributed by atoms with Crippen LogP contribution in [0.15, 0.2) is 0 Å². The molecule has 32 heavy (non-hydrogen) atoms. The van der Waals surface area contributed by atoms with Gasteiger partial charge in [0.05, 0.1) is 18.3 Å². The van der Waals surface area contributed by atoms with Gasteiger partial charge in [-0.25, -0.2) is 4.79 Å². The summed E-state index contributed by atoms with van der Waals surface area (Å²) >= 11 is 0. The second-order valence-corrected chi connectivity index (χ2v) is 12.3. The molecule has 0 radical (unpaired) electrons. The first kappa shape index (κ1) is 24.4. The van der Waals surface area contributed by atoms with E-state index in [1.807, 2.05) is 6.92 Å². The van der Waals surface area contributed by atoms with E-state index in [-0.39, 0.29) is 64.8 Å². The van der Waals surface area contributed by atoms with Crippen LogP contribution in [0.2, 0.25) is 0 Å². The molecule has 0 saturated heterocycles. The predicted molar refractivity (Wildman–Crippen MR) is 121 cm³/mol. The van der Waals surface area contributed by atoms with Crippen LogP contribution in [-0.4, -0.2) is 55.9 Å². The SMILES string of the molecule is CC[C@H]1[C@@H](O)[C@H]2C3CC[C@H]([C@H](C)C[C@@H](O)C(=O)O)[C@@]3(C)[C@@H](O)CC2[C@@]2(C)CC[C@@H](O)C[C@@H]12. The molecule has 4 saturated carbocycles. The number of aliphatic carboxylic acids is 1. The maximum atomic E-state index is 11.7. The Balaban J connectivity index is 1.66. The zero-order valence-corrected chi connectivity index (χ0v) is 20.2. The first-order valence-corrected chi connectivity index (χ1v) is 12.9. The maximum absolute atomic E-state index is 11.7. The minimum Gasteiger partial charge on any atom is -0.479 e. The van der Waals surface area contributed by atoms with E-state index in [4.69, 9.17) is 0 Å². The van der Waals surface area contributed by atoms with Crippen molar-refractivity contribution < 1.29 is 30.3 Å². The van der Waals surface area contributed by atoms with E-state index in [0.717, 1.165) is 38.5 Å². The van der Waals surface area contributed by atoms with E-state index < -0.39 is 24.3 Å². The molecule has 4 aliphatic carbocycles. The van der Waals surface area contributed by atoms with Gasteiger partial charge in [-0.3, -0.25) is 0 Å². The van der Waals surface area contributed by atoms with Crippen molar-refractivity contribution in [2.75, 3.05) is 0 Å². The van der Waals surface area contributed by atoms with Crippen molar-refractivity contribution in [2.24, 2.45) is 52.3 Å². The van der Waals surface area contributed by atoms with Crippen molar-refractivity contribution in [1.82, 2.24) is 0 Å². The van der Waals surface area contributed by atoms with E-state index >= 15 is 0 Å². The van der Waals surface area contributed by atoms with Gasteiger partial charge in [0.15, 0.2) is 6.10 Å². The smallest absolute Gasteiger partial charge is 0.332 e. The summed E-state index contributed by atoms with van der Waals surface area (Å²) in [5.41, 5.74) is -0.356. The molecular formula is C26H44O6. The predicted octanol–water partition coefficient (Wildman–Crippen LogP) is 3.06. The van der Waals surface area contributed by atoms with Crippen LogP contribution in [0.5, 0.6) is 0 Å². The fourth-order valence-electron chi connectivity index (χ4n) is 9.51. The summed E-state index contributed by atoms with van der Waals surface area (Å²) in [5.74, 6) is -0.0587. The molecule has 0 aliphatic heterocycles. The van der Waals surface area contributed by atoms with Gasteiger partial charge in [-0.2, -0.15) is 0 Å². The van der Waals surface area contributed by atoms with Crippen LogP contribution in [0.4, 0.5) is 0 Å². The third-order valence-electron chi connectivity index (χ3n) is 11.1. The number of hydrogen-bond donors (Lipinski definition) is 5. The number of aliphatic hydroxyl groups is 4. The summed E-state index contributed by atoms with van der Waals surface area (Å²) in [4.78, 5) is 11.2. The minimum atomic E-state index is -1.38. The zero-order valence-electron chi connectivity index (χ0n) is 20.2. The highest BCUT2D eigenvalue weighted by Gasteiger charge is 2.67. The number of carbonyl (C=O) groups is 1. The zero-order chi connectivity index (χ0) is 23.6. The number of fused-ring (bicyclic) bond motifs is 5. The molecule has 0 spiro atoms. The fraction of sp³-hybridized carbons (Fsp3) is 0.962. The molecule has 0 amide bonds. The highest BCUT2D eigenvalue weighted by Crippen LogP contribution is 2.69. The Morgan fingerprint density at radius 1 is 1.03 bits per heavy atom. The summed E-state index contributed by atoms with van der Waals surface area (Å²) in [7, 11) is 0. The molecule has 6 heteroatoms. The molecule has 13 atom stereocenters. The molecule has 6 nitrogen and oxygen atoms in total. The summed E-state index contributed by atoms with van der Waals surface area (Å²) in [6, 6.07) is 0. The van der Waals surface area contributed by atoms with Gasteiger partial charge in [0.2, 0.25) is 0 Å². The monoisotopic (exact) mass is 452 g/mol. The summed E-state index contributed by atoms with van der Waals surface area (Å²) < 4.78 is 0. The van der Waals surface area contributed by atoms with Gasteiger partial charge in [0.25, 0.3) is 0 Å². The number of rotatable bonds is 5. The van der Waals surface area contributed by atoms with Crippen molar-refractivity contribution in [3.63, 3.8) is 0 Å². The van der Waals surface area contributed by atoms with E-state index in [2.05, 4.69) is 20.8 Å². The molecule has 4 aliphatic rings. The molecule has 2 unspecified atom stereocenters. The summed E-state index contributed by atoms with van der Waals surface area (Å²) in [6.45, 7) is 8.67. The van der Waals surface area contributed by atoms with Crippen LogP contribution >= 0.6 is 0 Å². The van der Waals surface area contributed by atoms with Crippen molar-refractivity contribution in [2.45, 2.75) is 103 Å². The lowest BCUT2D eigenvalue weighted by atomic mass is 9.41. The maximum Gasteiger partial charge on any atom is 0.332 e. The highest BCUT2D eigenvalue weighted by atomic mass is 16.4. The Hall–Kier alpha value is -0.690. The van der Waals surface area contributed by atoms with Gasteiger partial charge in [-0.05, 0) is 97.2 Å². The molecule has 0 aromatic heterocycles. The molecule has 0 aromatic carbocycles. The van der Waals surface area contributed by atoms with Crippen LogP contribution in [0.3, 0.4) is 0 Å². The third-order valence-corrected chi connectivity index (χ3v) is 11.1. The standard InChI is InChI=1S/C26H44O6/c1-5-15-18-11-14(27)8-9-25(18,3)19-12-21(29)26(4)16(13(2)10-20(28)24(31)32)6-7-17(26)22(19)23(15)30/h13-23,27-30H,5-12H2,1-4H3,(H,31,32)/t13-,14-,15-,16-,17?,18+,19?,20-,21+,22+,23-,25+,26-/m1/s1. The molecular weight excluding hydrogens is 408 g/mol. The number of hydrogen-bond acceptors (Lipinski definition) is 5. The Morgan fingerprint density at radius 2 is 1.72 bits per heavy atom. The van der Waals surface area contributed by atoms with Gasteiger partial charge in [0, 0.05) is 0 Å². The van der Waals surface area contributed by atoms with Crippen LogP contribution in [-0.2, 0) is 4.79 Å². The lowest BCUT2D eigenvalue weighted by molar-refractivity contribution is -0.228. The highest BCUT2D eigenvalue weighted by molar-refractivity contribution is 5.71. The third kappa shape index (κ3) is 3.47. The molecule has 4 rings (SSSR count). The van der Waals surface area contributed by atoms with E-state index in [0.29, 0.717) is 6.42 Å². The first-order chi connectivity index (χ1) is 15.0. The van der Waals surface area contributed by atoms with E-state index in [1.54, 1.807) is 0 Å². The molecule has 0 bridgehead atoms. The number of aliphatic hydroxyl groups excluding tert-OH is 4. The van der Waals surface area contributed by atoms with Gasteiger partial charge < -0.3 is 25.5 Å². The number of carboxylic acid groups (broad SMARTS) is 1. The van der Waals surface area contributed by atoms with Gasteiger partial charge in [0.1, 0.15) is 0 Å². The lowest BCUT2D eigenvalue weighted by Crippen LogP contribution is -2.65. The lowest BCUT2D eigenvalue weighted by Gasteiger charge is -2.65. The topological polar surface area (TPSA) is 118 Å². The second kappa shape index (κ2) is 8.51. The fourth-order valence-corrected chi connectivity index (χ4v) is 9.51. The van der Waals surface area contributed by atoms with Crippen molar-refractivity contribution >= 4 is 5.97 Å². The first-order valence-electron chi connectivity index (χ1n) is 12.9. The van der Waals surface area contributed by atoms with E-state index in [9.17, 15) is 30.3 Å². The average Bonchev–Trinajstić information content (AvgIpc) is 3.09. The van der Waals surface area contributed by atoms with Crippen LogP contribution in [0.25, 0.3) is 0 Å². The van der Waals surface area contributed by atoms with Gasteiger partial charge >= 0.3 is 5.97 Å². The summed E-state index contributed by atoms with van der Waals surface area (Å²) in [5, 5.41) is 52.9. The van der Waals surface area contributed by atoms with Gasteiger partial charge in [-0.15, -0.1) is 0 Å². The normalized spacial score (nSPS) is 52.4. The van der Waals surface area contributed by atoms with Crippen LogP contribution < -0.4 is 0 Å². The second-order valence-electron chi connectivity index (χ2n) is 12.3. The average molecular weight is 453 g/mol. The Labute approximate surface area is 192 Å². The van der Waals surface area contributed by atoms with Crippen molar-refractivity contribution in [3.8, 4) is 0 Å². The summed E-state index contributed by atoms with van der Waals surface area (Å²) in [6.07, 6.45) is 3.50. The molecule has 4 fully saturated rings. The van der Waals surface area contributed by atoms with Crippen molar-refractivity contribution in [3.05, 3.63) is 0 Å². The molecule has 0 heterocycles.